The van der Waals surface area contributed by atoms with Crippen LogP contribution in [0.4, 0.5) is 20.2 Å². The molecule has 1 fully saturated rings. The van der Waals surface area contributed by atoms with Gasteiger partial charge >= 0.3 is 0 Å². The van der Waals surface area contributed by atoms with Gasteiger partial charge in [-0.25, -0.2) is 18.7 Å². The highest BCUT2D eigenvalue weighted by Crippen LogP contribution is 2.31. The van der Waals surface area contributed by atoms with E-state index in [9.17, 15) is 13.6 Å². The van der Waals surface area contributed by atoms with Crippen LogP contribution in [0.1, 0.15) is 41.7 Å². The molecule has 1 amide bonds. The Morgan fingerprint density at radius 2 is 1.80 bits per heavy atom. The molecular weight excluding hydrogens is 410 g/mol. The Morgan fingerprint density at radius 3 is 2.53 bits per heavy atom. The molecule has 1 saturated heterocycles. The van der Waals surface area contributed by atoms with Gasteiger partial charge in [-0.1, -0.05) is 12.8 Å². The van der Waals surface area contributed by atoms with Crippen LogP contribution in [0, 0.1) is 18.6 Å². The molecule has 0 atom stereocenters. The van der Waals surface area contributed by atoms with Gasteiger partial charge in [0.1, 0.15) is 11.6 Å². The number of nitrogens with one attached hydrogen (secondary N) is 1. The molecule has 0 unspecified atom stereocenters. The average Bonchev–Trinajstić information content (AvgIpc) is 3.00. The van der Waals surface area contributed by atoms with E-state index in [4.69, 9.17) is 0 Å². The van der Waals surface area contributed by atoms with Crippen molar-refractivity contribution in [1.82, 2.24) is 14.9 Å². The van der Waals surface area contributed by atoms with Crippen molar-refractivity contribution in [3.05, 3.63) is 59.4 Å². The van der Waals surface area contributed by atoms with Crippen molar-refractivity contribution in [3.63, 3.8) is 0 Å². The maximum Gasteiger partial charge on any atom is 0.257 e. The van der Waals surface area contributed by atoms with Crippen molar-refractivity contribution >= 4 is 40.7 Å². The van der Waals surface area contributed by atoms with E-state index in [-0.39, 0.29) is 24.0 Å². The van der Waals surface area contributed by atoms with Gasteiger partial charge in [0.25, 0.3) is 5.91 Å². The van der Waals surface area contributed by atoms with Gasteiger partial charge in [0.2, 0.25) is 0 Å². The summed E-state index contributed by atoms with van der Waals surface area (Å²) in [5.41, 5.74) is 1.90. The van der Waals surface area contributed by atoms with Crippen LogP contribution in [0.5, 0.6) is 0 Å². The standard InChI is InChI=1S/C22H22F2N4O.ClH/c1-14-6-8-16-20(27-19-12-15(23)7-9-18(19)24)17(13-25-21(16)26-14)22(29)28-10-4-2-3-5-11-28;/h6-9,12-13H,2-5,10-11H2,1H3,(H,25,26,27);1H. The third-order valence-electron chi connectivity index (χ3n) is 5.18. The fourth-order valence-electron chi connectivity index (χ4n) is 3.64. The molecule has 5 nitrogen and oxygen atoms in total. The van der Waals surface area contributed by atoms with Gasteiger partial charge < -0.3 is 10.2 Å². The Bertz CT molecular complexity index is 1070. The molecule has 3 aromatic rings. The predicted octanol–water partition coefficient (Wildman–Crippen LogP) is 5.40. The molecule has 158 valence electrons. The fraction of sp³-hybridized carbons (Fsp3) is 0.318. The van der Waals surface area contributed by atoms with Crippen molar-refractivity contribution < 1.29 is 13.6 Å². The largest absolute Gasteiger partial charge is 0.352 e. The van der Waals surface area contributed by atoms with Gasteiger partial charge in [-0.2, -0.15) is 0 Å². The van der Waals surface area contributed by atoms with Crippen molar-refractivity contribution in [1.29, 1.82) is 0 Å². The molecule has 1 aromatic carbocycles. The summed E-state index contributed by atoms with van der Waals surface area (Å²) in [6, 6.07) is 6.78. The van der Waals surface area contributed by atoms with E-state index < -0.39 is 11.6 Å². The Kier molecular flexibility index (Phi) is 6.82. The molecular formula is C22H23ClF2N4O. The van der Waals surface area contributed by atoms with E-state index in [2.05, 4.69) is 15.3 Å². The minimum atomic E-state index is -0.607. The summed E-state index contributed by atoms with van der Waals surface area (Å²) < 4.78 is 28.0. The predicted molar refractivity (Wildman–Crippen MR) is 116 cm³/mol. The van der Waals surface area contributed by atoms with Gasteiger partial charge in [-0.15, -0.1) is 12.4 Å². The second-order valence-electron chi connectivity index (χ2n) is 7.33. The number of benzene rings is 1. The molecule has 0 saturated carbocycles. The molecule has 4 rings (SSSR count). The van der Waals surface area contributed by atoms with Crippen LogP contribution in [0.3, 0.4) is 0 Å². The number of nitrogens with zero attached hydrogens (tertiary/aromatic N) is 3. The number of rotatable bonds is 3. The van der Waals surface area contributed by atoms with Crippen LogP contribution in [-0.4, -0.2) is 33.9 Å². The van der Waals surface area contributed by atoms with Crippen LogP contribution < -0.4 is 5.32 Å². The number of likely N-dealkylation sites (tertiary alicyclic amines) is 1. The first-order valence-corrected chi connectivity index (χ1v) is 9.80. The lowest BCUT2D eigenvalue weighted by atomic mass is 10.1. The number of pyridine rings is 2. The number of carbonyl (C=O) groups excluding carboxylic acids is 1. The molecule has 0 radical (unpaired) electrons. The van der Waals surface area contributed by atoms with E-state index in [0.717, 1.165) is 49.6 Å². The highest BCUT2D eigenvalue weighted by Gasteiger charge is 2.23. The Balaban J connectivity index is 0.00000256. The van der Waals surface area contributed by atoms with Crippen LogP contribution >= 0.6 is 12.4 Å². The Morgan fingerprint density at radius 1 is 1.07 bits per heavy atom. The van der Waals surface area contributed by atoms with Gasteiger partial charge in [0.05, 0.1) is 16.9 Å². The summed E-state index contributed by atoms with van der Waals surface area (Å²) in [7, 11) is 0. The molecule has 3 heterocycles. The molecule has 0 spiro atoms. The number of halogens is 3. The summed E-state index contributed by atoms with van der Waals surface area (Å²) in [5, 5.41) is 3.52. The highest BCUT2D eigenvalue weighted by molar-refractivity contribution is 6.07. The quantitative estimate of drug-likeness (QED) is 0.602. The number of amides is 1. The highest BCUT2D eigenvalue weighted by atomic mass is 35.5. The minimum absolute atomic E-state index is 0. The Hall–Kier alpha value is -2.80. The maximum absolute atomic E-state index is 14.3. The van der Waals surface area contributed by atoms with E-state index in [1.165, 1.54) is 6.20 Å². The van der Waals surface area contributed by atoms with E-state index in [0.29, 0.717) is 35.4 Å². The van der Waals surface area contributed by atoms with Crippen LogP contribution in [0.15, 0.2) is 36.5 Å². The second kappa shape index (κ2) is 9.34. The van der Waals surface area contributed by atoms with Gasteiger partial charge in [0, 0.05) is 36.4 Å². The first-order chi connectivity index (χ1) is 14.0. The molecule has 1 aliphatic heterocycles. The lowest BCUT2D eigenvalue weighted by Crippen LogP contribution is -2.32. The molecule has 30 heavy (non-hydrogen) atoms. The second-order valence-corrected chi connectivity index (χ2v) is 7.33. The maximum atomic E-state index is 14.3. The normalized spacial score (nSPS) is 14.2. The third kappa shape index (κ3) is 4.51. The van der Waals surface area contributed by atoms with Crippen LogP contribution in [0.25, 0.3) is 11.0 Å². The fourth-order valence-corrected chi connectivity index (χ4v) is 3.64. The number of carbonyl (C=O) groups is 1. The smallest absolute Gasteiger partial charge is 0.257 e. The molecule has 8 heteroatoms. The zero-order valence-electron chi connectivity index (χ0n) is 16.6. The average molecular weight is 433 g/mol. The molecule has 0 aliphatic carbocycles. The first-order valence-electron chi connectivity index (χ1n) is 9.80. The molecule has 2 aromatic heterocycles. The van der Waals surface area contributed by atoms with Crippen molar-refractivity contribution in [2.75, 3.05) is 18.4 Å². The molecule has 0 bridgehead atoms. The van der Waals surface area contributed by atoms with Crippen molar-refractivity contribution in [3.8, 4) is 0 Å². The third-order valence-corrected chi connectivity index (χ3v) is 5.18. The summed E-state index contributed by atoms with van der Waals surface area (Å²) in [5.74, 6) is -1.34. The number of aryl methyl sites for hydroxylation is 1. The van der Waals surface area contributed by atoms with Crippen LogP contribution in [0.2, 0.25) is 0 Å². The van der Waals surface area contributed by atoms with Gasteiger partial charge in [-0.3, -0.25) is 4.79 Å². The molecule has 1 N–H and O–H groups in total. The number of anilines is 2. The number of hydrogen-bond donors (Lipinski definition) is 1. The number of hydrogen-bond acceptors (Lipinski definition) is 4. The lowest BCUT2D eigenvalue weighted by molar-refractivity contribution is 0.0762. The number of fused-ring (bicyclic) bond motifs is 1. The monoisotopic (exact) mass is 432 g/mol. The SMILES string of the molecule is Cc1ccc2c(Nc3cc(F)ccc3F)c(C(=O)N3CCCCCC3)cnc2n1.Cl. The summed E-state index contributed by atoms with van der Waals surface area (Å²) in [4.78, 5) is 23.9. The van der Waals surface area contributed by atoms with E-state index >= 15 is 0 Å². The van der Waals surface area contributed by atoms with E-state index in [1.54, 1.807) is 12.1 Å². The summed E-state index contributed by atoms with van der Waals surface area (Å²) in [6.45, 7) is 3.20. The topological polar surface area (TPSA) is 58.1 Å². The van der Waals surface area contributed by atoms with Crippen LogP contribution in [-0.2, 0) is 0 Å². The van der Waals surface area contributed by atoms with Gasteiger partial charge in [0.15, 0.2) is 5.65 Å². The van der Waals surface area contributed by atoms with Crippen molar-refractivity contribution in [2.45, 2.75) is 32.6 Å². The molecule has 1 aliphatic rings. The first kappa shape index (κ1) is 21.9. The Labute approximate surface area is 179 Å². The number of aromatic nitrogens is 2. The summed E-state index contributed by atoms with van der Waals surface area (Å²) in [6.07, 6.45) is 5.58. The van der Waals surface area contributed by atoms with E-state index in [1.807, 2.05) is 11.8 Å². The van der Waals surface area contributed by atoms with Crippen molar-refractivity contribution in [2.24, 2.45) is 0 Å². The lowest BCUT2D eigenvalue weighted by Gasteiger charge is -2.22. The zero-order chi connectivity index (χ0) is 20.4. The van der Waals surface area contributed by atoms with Gasteiger partial charge in [-0.05, 0) is 44.0 Å². The summed E-state index contributed by atoms with van der Waals surface area (Å²) >= 11 is 0. The minimum Gasteiger partial charge on any atom is -0.352 e. The zero-order valence-corrected chi connectivity index (χ0v) is 17.4.